The minimum atomic E-state index is -0.369. The lowest BCUT2D eigenvalue weighted by Gasteiger charge is -2.09. The molecule has 0 aliphatic heterocycles. The lowest BCUT2D eigenvalue weighted by Crippen LogP contribution is -2.14. The topological polar surface area (TPSA) is 38.0 Å². The van der Waals surface area contributed by atoms with E-state index in [1.54, 1.807) is 4.68 Å². The third kappa shape index (κ3) is 3.43. The highest BCUT2D eigenvalue weighted by Gasteiger charge is 2.08. The van der Waals surface area contributed by atoms with Crippen LogP contribution in [0, 0.1) is 6.92 Å². The Labute approximate surface area is 102 Å². The predicted octanol–water partition coefficient (Wildman–Crippen LogP) is 1.87. The zero-order valence-corrected chi connectivity index (χ0v) is 10.3. The Kier molecular flexibility index (Phi) is 3.59. The predicted molar refractivity (Wildman–Crippen MR) is 67.8 cm³/mol. The van der Waals surface area contributed by atoms with Crippen molar-refractivity contribution in [3.8, 4) is 0 Å². The average Bonchev–Trinajstić information content (AvgIpc) is 2.63. The van der Waals surface area contributed by atoms with Gasteiger partial charge < -0.3 is 5.11 Å². The summed E-state index contributed by atoms with van der Waals surface area (Å²) < 4.78 is 1.76. The van der Waals surface area contributed by atoms with Crippen molar-refractivity contribution in [2.75, 3.05) is 0 Å². The highest BCUT2D eigenvalue weighted by atomic mass is 16.3. The first kappa shape index (κ1) is 11.9. The number of benzene rings is 1. The van der Waals surface area contributed by atoms with Crippen molar-refractivity contribution in [1.82, 2.24) is 9.78 Å². The molecule has 1 aromatic carbocycles. The molecule has 0 bridgehead atoms. The van der Waals surface area contributed by atoms with Crippen molar-refractivity contribution in [3.05, 3.63) is 53.3 Å². The number of hydrogen-bond donors (Lipinski definition) is 1. The number of rotatable bonds is 4. The average molecular weight is 230 g/mol. The van der Waals surface area contributed by atoms with Crippen molar-refractivity contribution in [2.24, 2.45) is 7.05 Å². The molecular formula is C14H18N2O. The molecule has 1 atom stereocenters. The summed E-state index contributed by atoms with van der Waals surface area (Å²) in [5, 5.41) is 14.3. The van der Waals surface area contributed by atoms with Crippen LogP contribution in [0.4, 0.5) is 0 Å². The van der Waals surface area contributed by atoms with Gasteiger partial charge in [0, 0.05) is 19.7 Å². The Hall–Kier alpha value is -1.61. The van der Waals surface area contributed by atoms with Crippen molar-refractivity contribution in [3.63, 3.8) is 0 Å². The number of nitrogens with zero attached hydrogens (tertiary/aromatic N) is 2. The Balaban J connectivity index is 1.95. The summed E-state index contributed by atoms with van der Waals surface area (Å²) in [4.78, 5) is 0. The van der Waals surface area contributed by atoms with Gasteiger partial charge in [-0.25, -0.2) is 0 Å². The van der Waals surface area contributed by atoms with E-state index in [1.165, 1.54) is 11.1 Å². The summed E-state index contributed by atoms with van der Waals surface area (Å²) >= 11 is 0. The van der Waals surface area contributed by atoms with E-state index in [0.717, 1.165) is 5.69 Å². The van der Waals surface area contributed by atoms with E-state index >= 15 is 0 Å². The minimum Gasteiger partial charge on any atom is -0.392 e. The van der Waals surface area contributed by atoms with Gasteiger partial charge in [-0.05, 0) is 25.0 Å². The molecule has 90 valence electrons. The van der Waals surface area contributed by atoms with Crippen LogP contribution in [-0.2, 0) is 19.9 Å². The van der Waals surface area contributed by atoms with Crippen LogP contribution in [0.3, 0.4) is 0 Å². The first-order valence-electron chi connectivity index (χ1n) is 5.85. The molecule has 0 aliphatic carbocycles. The molecule has 1 aromatic heterocycles. The molecule has 1 unspecified atom stereocenters. The van der Waals surface area contributed by atoms with Gasteiger partial charge in [-0.2, -0.15) is 5.10 Å². The molecular weight excluding hydrogens is 212 g/mol. The molecule has 3 heteroatoms. The third-order valence-electron chi connectivity index (χ3n) is 2.77. The van der Waals surface area contributed by atoms with Crippen LogP contribution in [0.1, 0.15) is 16.8 Å². The summed E-state index contributed by atoms with van der Waals surface area (Å²) in [5.41, 5.74) is 3.34. The monoisotopic (exact) mass is 230 g/mol. The Bertz CT molecular complexity index is 490. The van der Waals surface area contributed by atoms with E-state index < -0.39 is 0 Å². The number of aliphatic hydroxyl groups excluding tert-OH is 1. The zero-order valence-electron chi connectivity index (χ0n) is 10.3. The van der Waals surface area contributed by atoms with E-state index in [2.05, 4.69) is 30.2 Å². The maximum absolute atomic E-state index is 10.0. The number of aliphatic hydroxyl groups is 1. The molecule has 2 rings (SSSR count). The second-order valence-electron chi connectivity index (χ2n) is 4.53. The minimum absolute atomic E-state index is 0.369. The highest BCUT2D eigenvalue weighted by Crippen LogP contribution is 2.09. The fourth-order valence-corrected chi connectivity index (χ4v) is 2.00. The lowest BCUT2D eigenvalue weighted by molar-refractivity contribution is 0.174. The Morgan fingerprint density at radius 2 is 2.12 bits per heavy atom. The molecule has 17 heavy (non-hydrogen) atoms. The largest absolute Gasteiger partial charge is 0.392 e. The number of hydrogen-bond acceptors (Lipinski definition) is 2. The van der Waals surface area contributed by atoms with Crippen molar-refractivity contribution in [1.29, 1.82) is 0 Å². The van der Waals surface area contributed by atoms with Crippen LogP contribution >= 0.6 is 0 Å². The summed E-state index contributed by atoms with van der Waals surface area (Å²) in [6, 6.07) is 10.2. The molecule has 0 aliphatic rings. The summed E-state index contributed by atoms with van der Waals surface area (Å²) in [6.45, 7) is 2.06. The molecule has 0 amide bonds. The zero-order chi connectivity index (χ0) is 12.3. The highest BCUT2D eigenvalue weighted by molar-refractivity contribution is 5.23. The van der Waals surface area contributed by atoms with Crippen LogP contribution in [-0.4, -0.2) is 21.0 Å². The molecule has 1 heterocycles. The van der Waals surface area contributed by atoms with Crippen molar-refractivity contribution in [2.45, 2.75) is 25.9 Å². The van der Waals surface area contributed by atoms with Crippen molar-refractivity contribution >= 4 is 0 Å². The summed E-state index contributed by atoms with van der Waals surface area (Å²) in [5.74, 6) is 0. The van der Waals surface area contributed by atoms with Crippen LogP contribution in [0.25, 0.3) is 0 Å². The van der Waals surface area contributed by atoms with Gasteiger partial charge in [0.2, 0.25) is 0 Å². The van der Waals surface area contributed by atoms with Gasteiger partial charge in [0.05, 0.1) is 11.8 Å². The maximum atomic E-state index is 10.0. The van der Waals surface area contributed by atoms with Gasteiger partial charge in [-0.1, -0.05) is 29.8 Å². The number of aromatic nitrogens is 2. The lowest BCUT2D eigenvalue weighted by atomic mass is 10.0. The third-order valence-corrected chi connectivity index (χ3v) is 2.77. The molecule has 2 aromatic rings. The Morgan fingerprint density at radius 1 is 1.29 bits per heavy atom. The van der Waals surface area contributed by atoms with Crippen LogP contribution in [0.5, 0.6) is 0 Å². The SMILES string of the molecule is Cc1cccc(CC(O)Cc2ccn(C)n2)c1. The van der Waals surface area contributed by atoms with Gasteiger partial charge in [0.25, 0.3) is 0 Å². The van der Waals surface area contributed by atoms with E-state index in [1.807, 2.05) is 25.4 Å². The molecule has 0 saturated carbocycles. The second kappa shape index (κ2) is 5.15. The summed E-state index contributed by atoms with van der Waals surface area (Å²) in [7, 11) is 1.89. The normalized spacial score (nSPS) is 12.6. The van der Waals surface area contributed by atoms with E-state index in [-0.39, 0.29) is 6.10 Å². The van der Waals surface area contributed by atoms with Crippen molar-refractivity contribution < 1.29 is 5.11 Å². The standard InChI is InChI=1S/C14H18N2O/c1-11-4-3-5-12(8-11)9-14(17)10-13-6-7-16(2)15-13/h3-8,14,17H,9-10H2,1-2H3. The number of aryl methyl sites for hydroxylation is 2. The molecule has 0 fully saturated rings. The van der Waals surface area contributed by atoms with Crippen LogP contribution < -0.4 is 0 Å². The molecule has 1 N–H and O–H groups in total. The van der Waals surface area contributed by atoms with Gasteiger partial charge in [-0.3, -0.25) is 4.68 Å². The van der Waals surface area contributed by atoms with Gasteiger partial charge >= 0.3 is 0 Å². The van der Waals surface area contributed by atoms with Crippen LogP contribution in [0.2, 0.25) is 0 Å². The maximum Gasteiger partial charge on any atom is 0.0650 e. The molecule has 0 saturated heterocycles. The summed E-state index contributed by atoms with van der Waals surface area (Å²) in [6.07, 6.45) is 2.81. The van der Waals surface area contributed by atoms with Gasteiger partial charge in [0.15, 0.2) is 0 Å². The Morgan fingerprint density at radius 3 is 2.76 bits per heavy atom. The first-order valence-corrected chi connectivity index (χ1v) is 5.85. The quantitative estimate of drug-likeness (QED) is 0.870. The van der Waals surface area contributed by atoms with E-state index in [0.29, 0.717) is 12.8 Å². The molecule has 3 nitrogen and oxygen atoms in total. The second-order valence-corrected chi connectivity index (χ2v) is 4.53. The first-order chi connectivity index (χ1) is 8.13. The van der Waals surface area contributed by atoms with E-state index in [9.17, 15) is 5.11 Å². The van der Waals surface area contributed by atoms with Gasteiger partial charge in [0.1, 0.15) is 0 Å². The fourth-order valence-electron chi connectivity index (χ4n) is 2.00. The molecule has 0 spiro atoms. The smallest absolute Gasteiger partial charge is 0.0650 e. The van der Waals surface area contributed by atoms with Gasteiger partial charge in [-0.15, -0.1) is 0 Å². The molecule has 0 radical (unpaired) electrons. The van der Waals surface area contributed by atoms with Crippen LogP contribution in [0.15, 0.2) is 36.5 Å². The fraction of sp³-hybridized carbons (Fsp3) is 0.357. The van der Waals surface area contributed by atoms with E-state index in [4.69, 9.17) is 0 Å².